The maximum absolute atomic E-state index is 10.6. The number of hydrogen-bond acceptors (Lipinski definition) is 5. The van der Waals surface area contributed by atoms with Gasteiger partial charge in [0.05, 0.1) is 12.7 Å². The third-order valence-electron chi connectivity index (χ3n) is 3.88. The Hall–Kier alpha value is -2.28. The molecule has 0 saturated carbocycles. The van der Waals surface area contributed by atoms with E-state index in [2.05, 4.69) is 41.4 Å². The lowest BCUT2D eigenvalue weighted by Gasteiger charge is -2.22. The van der Waals surface area contributed by atoms with E-state index >= 15 is 0 Å². The van der Waals surface area contributed by atoms with Gasteiger partial charge in [0.15, 0.2) is 5.96 Å². The molecule has 0 aliphatic carbocycles. The van der Waals surface area contributed by atoms with Gasteiger partial charge in [0, 0.05) is 12.0 Å². The molecule has 7 heteroatoms. The molecule has 0 aliphatic rings. The molecule has 1 unspecified atom stereocenters. The fraction of sp³-hybridized carbons (Fsp3) is 0.579. The van der Waals surface area contributed by atoms with Crippen LogP contribution in [0.3, 0.4) is 0 Å². The quantitative estimate of drug-likeness (QED) is 0.540. The molecule has 2 aromatic rings. The molecule has 0 bridgehead atoms. The number of nitrogens with zero attached hydrogens (tertiary/aromatic N) is 2. The first-order valence-electron chi connectivity index (χ1n) is 8.88. The fourth-order valence-electron chi connectivity index (χ4n) is 2.29. The molecule has 0 saturated heterocycles. The second kappa shape index (κ2) is 7.95. The molecular weight excluding hydrogens is 332 g/mol. The van der Waals surface area contributed by atoms with Crippen molar-refractivity contribution in [1.82, 2.24) is 15.6 Å². The van der Waals surface area contributed by atoms with Gasteiger partial charge in [-0.25, -0.2) is 9.98 Å². The number of aryl methyl sites for hydroxylation is 1. The summed E-state index contributed by atoms with van der Waals surface area (Å²) in [4.78, 5) is 8.76. The van der Waals surface area contributed by atoms with Crippen molar-refractivity contribution >= 4 is 5.96 Å². The summed E-state index contributed by atoms with van der Waals surface area (Å²) in [5.74, 6) is 3.24. The van der Waals surface area contributed by atoms with Crippen LogP contribution in [0.25, 0.3) is 0 Å². The molecule has 0 aromatic carbocycles. The Morgan fingerprint density at radius 2 is 1.88 bits per heavy atom. The van der Waals surface area contributed by atoms with Gasteiger partial charge < -0.3 is 24.6 Å². The Balaban J connectivity index is 2.01. The van der Waals surface area contributed by atoms with Crippen LogP contribution in [0.1, 0.15) is 57.8 Å². The van der Waals surface area contributed by atoms with Crippen molar-refractivity contribution in [3.8, 4) is 0 Å². The van der Waals surface area contributed by atoms with E-state index in [1.165, 1.54) is 0 Å². The van der Waals surface area contributed by atoms with E-state index in [9.17, 15) is 5.11 Å². The summed E-state index contributed by atoms with van der Waals surface area (Å²) in [5, 5.41) is 16.9. The van der Waals surface area contributed by atoms with Gasteiger partial charge in [-0.05, 0) is 32.9 Å². The van der Waals surface area contributed by atoms with Crippen molar-refractivity contribution in [2.45, 2.75) is 59.1 Å². The molecule has 26 heavy (non-hydrogen) atoms. The summed E-state index contributed by atoms with van der Waals surface area (Å²) in [5.41, 5.74) is -1.23. The minimum Gasteiger partial charge on any atom is -0.463 e. The first-order valence-corrected chi connectivity index (χ1v) is 8.88. The van der Waals surface area contributed by atoms with Crippen LogP contribution in [0, 0.1) is 6.92 Å². The zero-order valence-corrected chi connectivity index (χ0v) is 16.5. The van der Waals surface area contributed by atoms with Crippen molar-refractivity contribution < 1.29 is 13.9 Å². The summed E-state index contributed by atoms with van der Waals surface area (Å²) < 4.78 is 11.3. The number of guanidine groups is 1. The zero-order valence-electron chi connectivity index (χ0n) is 16.5. The molecule has 0 radical (unpaired) electrons. The topological polar surface area (TPSA) is 95.8 Å². The summed E-state index contributed by atoms with van der Waals surface area (Å²) in [7, 11) is 0. The number of hydrogen-bond donors (Lipinski definition) is 3. The highest BCUT2D eigenvalue weighted by Crippen LogP contribution is 2.23. The Bertz CT molecular complexity index is 738. The molecule has 1 atom stereocenters. The van der Waals surface area contributed by atoms with Gasteiger partial charge in [-0.3, -0.25) is 0 Å². The molecule has 2 rings (SSSR count). The number of rotatable bonds is 6. The number of oxazole rings is 1. The van der Waals surface area contributed by atoms with Gasteiger partial charge in [0.25, 0.3) is 0 Å². The van der Waals surface area contributed by atoms with E-state index in [0.29, 0.717) is 30.7 Å². The summed E-state index contributed by atoms with van der Waals surface area (Å²) >= 11 is 0. The number of aromatic nitrogens is 1. The monoisotopic (exact) mass is 362 g/mol. The van der Waals surface area contributed by atoms with E-state index < -0.39 is 5.60 Å². The van der Waals surface area contributed by atoms with E-state index in [1.807, 2.05) is 19.9 Å². The lowest BCUT2D eigenvalue weighted by Crippen LogP contribution is -2.44. The van der Waals surface area contributed by atoms with Crippen LogP contribution in [0.2, 0.25) is 0 Å². The largest absolute Gasteiger partial charge is 0.463 e. The Morgan fingerprint density at radius 3 is 2.42 bits per heavy atom. The predicted molar refractivity (Wildman–Crippen MR) is 101 cm³/mol. The predicted octanol–water partition coefficient (Wildman–Crippen LogP) is 2.84. The summed E-state index contributed by atoms with van der Waals surface area (Å²) in [6.45, 7) is 13.0. The molecule has 3 N–H and O–H groups in total. The second-order valence-electron chi connectivity index (χ2n) is 7.60. The number of aliphatic hydroxyl groups is 1. The third-order valence-corrected chi connectivity index (χ3v) is 3.88. The van der Waals surface area contributed by atoms with Crippen LogP contribution < -0.4 is 10.6 Å². The van der Waals surface area contributed by atoms with Gasteiger partial charge in [-0.1, -0.05) is 20.8 Å². The zero-order chi connectivity index (χ0) is 19.4. The van der Waals surface area contributed by atoms with E-state index in [4.69, 9.17) is 8.83 Å². The molecule has 0 fully saturated rings. The maximum atomic E-state index is 10.6. The fourth-order valence-corrected chi connectivity index (χ4v) is 2.29. The van der Waals surface area contributed by atoms with Gasteiger partial charge in [-0.15, -0.1) is 0 Å². The molecular formula is C19H30N4O3. The number of aliphatic imine (C=N–C) groups is 1. The first-order chi connectivity index (χ1) is 12.1. The number of nitrogens with one attached hydrogen (secondary N) is 2. The number of furan rings is 1. The highest BCUT2D eigenvalue weighted by Gasteiger charge is 2.27. The van der Waals surface area contributed by atoms with Crippen LogP contribution in [0.15, 0.2) is 32.2 Å². The highest BCUT2D eigenvalue weighted by molar-refractivity contribution is 5.79. The van der Waals surface area contributed by atoms with Crippen LogP contribution in [-0.4, -0.2) is 29.1 Å². The highest BCUT2D eigenvalue weighted by atomic mass is 16.4. The van der Waals surface area contributed by atoms with Crippen LogP contribution in [0.5, 0.6) is 0 Å². The van der Waals surface area contributed by atoms with Gasteiger partial charge in [0.1, 0.15) is 29.4 Å². The minimum absolute atomic E-state index is 0.0857. The Morgan fingerprint density at radius 1 is 1.15 bits per heavy atom. The minimum atomic E-state index is -1.15. The molecule has 0 spiro atoms. The molecule has 2 aromatic heterocycles. The van der Waals surface area contributed by atoms with Crippen LogP contribution in [0.4, 0.5) is 0 Å². The SMILES string of the molecule is CCNC(=NCc1ncc(C(C)(C)C)o1)NCC(C)(O)c1ccc(C)o1. The Kier molecular flexibility index (Phi) is 6.13. The summed E-state index contributed by atoms with van der Waals surface area (Å²) in [6.07, 6.45) is 1.75. The molecule has 2 heterocycles. The maximum Gasteiger partial charge on any atom is 0.216 e. The van der Waals surface area contributed by atoms with Crippen molar-refractivity contribution in [3.63, 3.8) is 0 Å². The van der Waals surface area contributed by atoms with Crippen LogP contribution >= 0.6 is 0 Å². The van der Waals surface area contributed by atoms with Gasteiger partial charge in [0.2, 0.25) is 5.89 Å². The first kappa shape index (κ1) is 20.0. The van der Waals surface area contributed by atoms with Crippen molar-refractivity contribution in [2.24, 2.45) is 4.99 Å². The smallest absolute Gasteiger partial charge is 0.216 e. The second-order valence-corrected chi connectivity index (χ2v) is 7.60. The van der Waals surface area contributed by atoms with Crippen molar-refractivity contribution in [2.75, 3.05) is 13.1 Å². The lowest BCUT2D eigenvalue weighted by atomic mass is 9.94. The van der Waals surface area contributed by atoms with Gasteiger partial charge >= 0.3 is 0 Å². The molecule has 7 nitrogen and oxygen atoms in total. The average molecular weight is 362 g/mol. The van der Waals surface area contributed by atoms with Crippen molar-refractivity contribution in [3.05, 3.63) is 41.5 Å². The van der Waals surface area contributed by atoms with E-state index in [0.717, 1.165) is 11.5 Å². The van der Waals surface area contributed by atoms with Crippen LogP contribution in [-0.2, 0) is 17.6 Å². The van der Waals surface area contributed by atoms with Crippen molar-refractivity contribution in [1.29, 1.82) is 0 Å². The van der Waals surface area contributed by atoms with Gasteiger partial charge in [-0.2, -0.15) is 0 Å². The Labute approximate surface area is 154 Å². The van der Waals surface area contributed by atoms with E-state index in [-0.39, 0.29) is 12.0 Å². The normalized spacial score (nSPS) is 15.0. The molecule has 0 amide bonds. The van der Waals surface area contributed by atoms with E-state index in [1.54, 1.807) is 19.2 Å². The lowest BCUT2D eigenvalue weighted by molar-refractivity contribution is 0.0378. The molecule has 0 aliphatic heterocycles. The summed E-state index contributed by atoms with van der Waals surface area (Å²) in [6, 6.07) is 3.61. The molecule has 144 valence electrons. The average Bonchev–Trinajstić information content (AvgIpc) is 3.19. The third kappa shape index (κ3) is 5.36. The standard InChI is InChI=1S/C19H30N4O3/c1-7-20-17(22-11-16-21-10-15(26-16)18(3,4)5)23-12-19(6,24)14-9-8-13(2)25-14/h8-10,24H,7,11-12H2,1-6H3,(H2,20,22,23).